The van der Waals surface area contributed by atoms with Gasteiger partial charge in [-0.15, -0.1) is 0 Å². The summed E-state index contributed by atoms with van der Waals surface area (Å²) in [4.78, 5) is 26.1. The Bertz CT molecular complexity index is 1040. The topological polar surface area (TPSA) is 95.9 Å². The molecule has 3 N–H and O–H groups in total. The summed E-state index contributed by atoms with van der Waals surface area (Å²) in [5.74, 6) is -0.488. The lowest BCUT2D eigenvalue weighted by Gasteiger charge is -2.24. The zero-order chi connectivity index (χ0) is 45.9. The third-order valence-electron chi connectivity index (χ3n) is 12.7. The number of aliphatic hydroxyl groups excluding tert-OH is 2. The molecule has 0 spiro atoms. The fourth-order valence-corrected chi connectivity index (χ4v) is 8.46. The van der Waals surface area contributed by atoms with Crippen molar-refractivity contribution >= 4 is 11.9 Å². The first-order valence-electron chi connectivity index (χ1n) is 27.7. The maximum Gasteiger partial charge on any atom is 0.306 e. The highest BCUT2D eigenvalue weighted by molar-refractivity contribution is 5.77. The Morgan fingerprint density at radius 2 is 0.841 bits per heavy atom. The van der Waals surface area contributed by atoms with Crippen molar-refractivity contribution in [3.8, 4) is 0 Å². The van der Waals surface area contributed by atoms with Crippen LogP contribution < -0.4 is 5.32 Å². The molecule has 0 aliphatic heterocycles. The molecule has 0 aliphatic rings. The van der Waals surface area contributed by atoms with Gasteiger partial charge in [-0.25, -0.2) is 0 Å². The van der Waals surface area contributed by atoms with Crippen LogP contribution in [-0.2, 0) is 14.3 Å². The van der Waals surface area contributed by atoms with E-state index in [1.807, 2.05) is 0 Å². The normalized spacial score (nSPS) is 13.4. The monoisotopic (exact) mass is 886 g/mol. The summed E-state index contributed by atoms with van der Waals surface area (Å²) in [5, 5.41) is 23.8. The van der Waals surface area contributed by atoms with Crippen molar-refractivity contribution in [1.29, 1.82) is 0 Å². The molecule has 1 amide bonds. The Labute approximate surface area is 392 Å². The number of ether oxygens (including phenoxy) is 1. The quantitative estimate of drug-likeness (QED) is 0.0321. The first kappa shape index (κ1) is 61.1. The van der Waals surface area contributed by atoms with E-state index in [2.05, 4.69) is 62.5 Å². The van der Waals surface area contributed by atoms with Crippen molar-refractivity contribution in [2.75, 3.05) is 6.61 Å². The summed E-state index contributed by atoms with van der Waals surface area (Å²) >= 11 is 0. The minimum Gasteiger partial charge on any atom is -0.462 e. The lowest BCUT2D eigenvalue weighted by atomic mass is 10.0. The predicted octanol–water partition coefficient (Wildman–Crippen LogP) is 16.8. The van der Waals surface area contributed by atoms with Crippen molar-refractivity contribution < 1.29 is 24.5 Å². The standard InChI is InChI=1S/C57H107NO5/c1-4-7-10-13-16-19-21-23-25-27-28-30-32-34-36-38-41-44-47-50-57(62)63-53(48-45-42-39-18-15-12-9-6-3)51-56(61)58-54(52-59)55(60)49-46-43-40-37-35-33-31-29-26-24-22-20-17-14-11-8-5-2/h12,15-16,19,23,25,53-55,59-60H,4-11,13-14,17-18,20-22,24,26-52H2,1-3H3,(H,58,61)/b15-12-,19-16-,25-23-. The fourth-order valence-electron chi connectivity index (χ4n) is 8.46. The second-order valence-corrected chi connectivity index (χ2v) is 19.0. The second kappa shape index (κ2) is 51.1. The molecule has 0 saturated heterocycles. The Hall–Kier alpha value is -1.92. The van der Waals surface area contributed by atoms with Crippen LogP contribution in [0.5, 0.6) is 0 Å². The van der Waals surface area contributed by atoms with E-state index in [0.717, 1.165) is 77.0 Å². The van der Waals surface area contributed by atoms with Crippen LogP contribution in [0.3, 0.4) is 0 Å². The number of hydrogen-bond acceptors (Lipinski definition) is 5. The molecular formula is C57H107NO5. The SMILES string of the molecule is CCC/C=C\CCCCCC(CC(=O)NC(CO)C(O)CCCCCCCCCCCCCCCCCCC)OC(=O)CCCCCCCCCCC/C=C\C/C=C\CCCCC. The van der Waals surface area contributed by atoms with Gasteiger partial charge in [0.05, 0.1) is 25.2 Å². The highest BCUT2D eigenvalue weighted by Crippen LogP contribution is 2.18. The molecule has 6 heteroatoms. The van der Waals surface area contributed by atoms with Crippen LogP contribution in [0, 0.1) is 0 Å². The fraction of sp³-hybridized carbons (Fsp3) is 0.860. The molecule has 0 aliphatic carbocycles. The molecule has 0 saturated carbocycles. The zero-order valence-electron chi connectivity index (χ0n) is 42.2. The van der Waals surface area contributed by atoms with Crippen LogP contribution >= 0.6 is 0 Å². The van der Waals surface area contributed by atoms with Crippen molar-refractivity contribution in [1.82, 2.24) is 5.32 Å². The molecule has 63 heavy (non-hydrogen) atoms. The summed E-state index contributed by atoms with van der Waals surface area (Å²) in [7, 11) is 0. The van der Waals surface area contributed by atoms with Gasteiger partial charge in [0, 0.05) is 6.42 Å². The number of allylic oxidation sites excluding steroid dienone is 6. The lowest BCUT2D eigenvalue weighted by Crippen LogP contribution is -2.46. The Kier molecular flexibility index (Phi) is 49.5. The summed E-state index contributed by atoms with van der Waals surface area (Å²) in [6, 6.07) is -0.704. The van der Waals surface area contributed by atoms with E-state index in [1.165, 1.54) is 167 Å². The highest BCUT2D eigenvalue weighted by Gasteiger charge is 2.24. The van der Waals surface area contributed by atoms with E-state index in [0.29, 0.717) is 19.3 Å². The summed E-state index contributed by atoms with van der Waals surface area (Å²) < 4.78 is 5.91. The van der Waals surface area contributed by atoms with Gasteiger partial charge in [0.15, 0.2) is 0 Å². The minimum absolute atomic E-state index is 0.0668. The smallest absolute Gasteiger partial charge is 0.306 e. The van der Waals surface area contributed by atoms with Gasteiger partial charge in [-0.1, -0.05) is 237 Å². The van der Waals surface area contributed by atoms with Crippen LogP contribution in [0.4, 0.5) is 0 Å². The number of hydrogen-bond donors (Lipinski definition) is 3. The molecule has 0 aromatic rings. The van der Waals surface area contributed by atoms with Crippen LogP contribution in [0.15, 0.2) is 36.5 Å². The van der Waals surface area contributed by atoms with Gasteiger partial charge in [-0.3, -0.25) is 9.59 Å². The summed E-state index contributed by atoms with van der Waals surface area (Å²) in [5.41, 5.74) is 0. The molecular weight excluding hydrogens is 779 g/mol. The van der Waals surface area contributed by atoms with Crippen molar-refractivity contribution in [2.24, 2.45) is 0 Å². The number of esters is 1. The van der Waals surface area contributed by atoms with Gasteiger partial charge < -0.3 is 20.3 Å². The van der Waals surface area contributed by atoms with Crippen LogP contribution in [0.2, 0.25) is 0 Å². The molecule has 3 unspecified atom stereocenters. The Balaban J connectivity index is 4.33. The number of carbonyl (C=O) groups is 2. The van der Waals surface area contributed by atoms with E-state index >= 15 is 0 Å². The van der Waals surface area contributed by atoms with Gasteiger partial charge in [0.2, 0.25) is 5.91 Å². The van der Waals surface area contributed by atoms with Crippen molar-refractivity contribution in [2.45, 2.75) is 309 Å². The highest BCUT2D eigenvalue weighted by atomic mass is 16.5. The Morgan fingerprint density at radius 3 is 1.33 bits per heavy atom. The van der Waals surface area contributed by atoms with E-state index in [4.69, 9.17) is 4.74 Å². The number of carbonyl (C=O) groups excluding carboxylic acids is 2. The zero-order valence-corrected chi connectivity index (χ0v) is 42.2. The molecule has 0 fully saturated rings. The molecule has 3 atom stereocenters. The lowest BCUT2D eigenvalue weighted by molar-refractivity contribution is -0.151. The van der Waals surface area contributed by atoms with Gasteiger partial charge in [-0.2, -0.15) is 0 Å². The van der Waals surface area contributed by atoms with E-state index in [-0.39, 0.29) is 24.9 Å². The molecule has 6 nitrogen and oxygen atoms in total. The van der Waals surface area contributed by atoms with E-state index < -0.39 is 18.2 Å². The maximum atomic E-state index is 13.2. The number of amides is 1. The molecule has 0 aromatic carbocycles. The summed E-state index contributed by atoms with van der Waals surface area (Å²) in [6.45, 7) is 6.41. The van der Waals surface area contributed by atoms with E-state index in [1.54, 1.807) is 0 Å². The number of rotatable bonds is 50. The Morgan fingerprint density at radius 1 is 0.460 bits per heavy atom. The van der Waals surface area contributed by atoms with Crippen molar-refractivity contribution in [3.05, 3.63) is 36.5 Å². The largest absolute Gasteiger partial charge is 0.462 e. The van der Waals surface area contributed by atoms with Crippen LogP contribution in [0.25, 0.3) is 0 Å². The maximum absolute atomic E-state index is 13.2. The van der Waals surface area contributed by atoms with Gasteiger partial charge in [0.1, 0.15) is 6.10 Å². The first-order valence-corrected chi connectivity index (χ1v) is 27.7. The van der Waals surface area contributed by atoms with Gasteiger partial charge in [-0.05, 0) is 77.0 Å². The average molecular weight is 886 g/mol. The number of aliphatic hydroxyl groups is 2. The third kappa shape index (κ3) is 46.4. The molecule has 0 radical (unpaired) electrons. The average Bonchev–Trinajstić information content (AvgIpc) is 3.28. The van der Waals surface area contributed by atoms with E-state index in [9.17, 15) is 19.8 Å². The van der Waals surface area contributed by atoms with Crippen molar-refractivity contribution in [3.63, 3.8) is 0 Å². The minimum atomic E-state index is -0.790. The number of unbranched alkanes of at least 4 members (excludes halogenated alkanes) is 32. The molecule has 0 rings (SSSR count). The second-order valence-electron chi connectivity index (χ2n) is 19.0. The van der Waals surface area contributed by atoms with Gasteiger partial charge >= 0.3 is 5.97 Å². The molecule has 0 heterocycles. The first-order chi connectivity index (χ1) is 31.0. The van der Waals surface area contributed by atoms with Crippen LogP contribution in [-0.4, -0.2) is 46.9 Å². The molecule has 370 valence electrons. The summed E-state index contributed by atoms with van der Waals surface area (Å²) in [6.07, 6.45) is 60.8. The predicted molar refractivity (Wildman–Crippen MR) is 273 cm³/mol. The number of nitrogens with one attached hydrogen (secondary N) is 1. The molecule has 0 bridgehead atoms. The third-order valence-corrected chi connectivity index (χ3v) is 12.7. The van der Waals surface area contributed by atoms with Crippen LogP contribution in [0.1, 0.15) is 290 Å². The van der Waals surface area contributed by atoms with Gasteiger partial charge in [0.25, 0.3) is 0 Å². The molecule has 0 aromatic heterocycles.